The van der Waals surface area contributed by atoms with E-state index in [2.05, 4.69) is 9.62 Å². The maximum atomic E-state index is 13.3. The topological polar surface area (TPSA) is 69.7 Å². The highest BCUT2D eigenvalue weighted by Crippen LogP contribution is 2.26. The fourth-order valence-electron chi connectivity index (χ4n) is 4.75. The third kappa shape index (κ3) is 6.28. The second-order valence-corrected chi connectivity index (χ2v) is 11.2. The number of anilines is 1. The molecule has 0 radical (unpaired) electrons. The molecule has 0 spiro atoms. The molecule has 0 unspecified atom stereocenters. The first-order valence-electron chi connectivity index (χ1n) is 11.8. The number of hydrogen-bond donors (Lipinski definition) is 1. The Hall–Kier alpha value is -2.09. The maximum absolute atomic E-state index is 13.3. The van der Waals surface area contributed by atoms with Gasteiger partial charge in [0.25, 0.3) is 15.9 Å². The molecule has 1 N–H and O–H groups in total. The Kier molecular flexibility index (Phi) is 7.94. The molecule has 2 heterocycles. The van der Waals surface area contributed by atoms with Gasteiger partial charge in [-0.05, 0) is 81.1 Å². The van der Waals surface area contributed by atoms with Crippen LogP contribution in [0.15, 0.2) is 53.4 Å². The number of benzene rings is 2. The molecule has 2 aliphatic heterocycles. The average molecular weight is 490 g/mol. The van der Waals surface area contributed by atoms with Crippen molar-refractivity contribution in [1.82, 2.24) is 9.80 Å². The van der Waals surface area contributed by atoms with Gasteiger partial charge in [0.2, 0.25) is 0 Å². The van der Waals surface area contributed by atoms with E-state index in [1.165, 1.54) is 63.0 Å². The molecule has 2 saturated heterocycles. The molecule has 0 saturated carbocycles. The van der Waals surface area contributed by atoms with Gasteiger partial charge in [0.05, 0.1) is 16.1 Å². The summed E-state index contributed by atoms with van der Waals surface area (Å²) in [5, 5.41) is 0.462. The molecule has 2 aromatic carbocycles. The van der Waals surface area contributed by atoms with Gasteiger partial charge in [0, 0.05) is 24.7 Å². The van der Waals surface area contributed by atoms with Crippen molar-refractivity contribution in [1.29, 1.82) is 0 Å². The van der Waals surface area contributed by atoms with E-state index in [4.69, 9.17) is 11.6 Å². The van der Waals surface area contributed by atoms with E-state index in [0.717, 1.165) is 19.4 Å². The monoisotopic (exact) mass is 489 g/mol. The van der Waals surface area contributed by atoms with Crippen LogP contribution in [-0.2, 0) is 10.0 Å². The molecule has 2 fully saturated rings. The predicted octanol–water partition coefficient (Wildman–Crippen LogP) is 4.87. The number of rotatable bonds is 6. The number of piperidine rings is 1. The minimum atomic E-state index is -3.83. The Bertz CT molecular complexity index is 1040. The summed E-state index contributed by atoms with van der Waals surface area (Å²) in [4.78, 5) is 17.8. The van der Waals surface area contributed by atoms with Crippen molar-refractivity contribution in [2.45, 2.75) is 43.4 Å². The lowest BCUT2D eigenvalue weighted by Gasteiger charge is -2.35. The largest absolute Gasteiger partial charge is 0.339 e. The summed E-state index contributed by atoms with van der Waals surface area (Å²) in [5.74, 6) is 0.489. The fourth-order valence-corrected chi connectivity index (χ4v) is 5.95. The first kappa shape index (κ1) is 24.0. The van der Waals surface area contributed by atoms with Crippen molar-refractivity contribution in [2.24, 2.45) is 5.92 Å². The molecule has 2 aromatic rings. The van der Waals surface area contributed by atoms with Crippen LogP contribution >= 0.6 is 11.6 Å². The fraction of sp³-hybridized carbons (Fsp3) is 0.480. The molecule has 6 nitrogen and oxygen atoms in total. The Labute approximate surface area is 202 Å². The molecule has 0 bridgehead atoms. The van der Waals surface area contributed by atoms with Crippen LogP contribution in [0.4, 0.5) is 5.69 Å². The normalized spacial score (nSPS) is 18.6. The number of nitrogens with zero attached hydrogens (tertiary/aromatic N) is 2. The highest BCUT2D eigenvalue weighted by Gasteiger charge is 2.27. The zero-order valence-corrected chi connectivity index (χ0v) is 20.5. The summed E-state index contributed by atoms with van der Waals surface area (Å²) in [7, 11) is -3.83. The van der Waals surface area contributed by atoms with E-state index in [1.54, 1.807) is 24.3 Å². The summed E-state index contributed by atoms with van der Waals surface area (Å²) < 4.78 is 28.3. The van der Waals surface area contributed by atoms with Crippen molar-refractivity contribution >= 4 is 33.2 Å². The molecule has 0 atom stereocenters. The van der Waals surface area contributed by atoms with Crippen LogP contribution in [0.1, 0.15) is 48.9 Å². The number of amides is 1. The predicted molar refractivity (Wildman–Crippen MR) is 132 cm³/mol. The SMILES string of the molecule is O=C(c1ccccc1NS(=O)(=O)c1ccc(Cl)cc1)N1CCC(CN2CCCCCC2)CC1. The molecule has 1 amide bonds. The molecule has 178 valence electrons. The summed E-state index contributed by atoms with van der Waals surface area (Å²) >= 11 is 5.88. The lowest BCUT2D eigenvalue weighted by atomic mass is 9.95. The van der Waals surface area contributed by atoms with Crippen molar-refractivity contribution in [3.05, 3.63) is 59.1 Å². The number of hydrogen-bond acceptors (Lipinski definition) is 4. The van der Waals surface area contributed by atoms with E-state index in [0.29, 0.717) is 35.3 Å². The minimum Gasteiger partial charge on any atom is -0.339 e. The number of carbonyl (C=O) groups excluding carboxylic acids is 1. The summed E-state index contributed by atoms with van der Waals surface area (Å²) in [6.07, 6.45) is 7.23. The average Bonchev–Trinajstić information content (AvgIpc) is 3.08. The van der Waals surface area contributed by atoms with Gasteiger partial charge in [-0.2, -0.15) is 0 Å². The first-order valence-corrected chi connectivity index (χ1v) is 13.7. The molecule has 4 rings (SSSR count). The van der Waals surface area contributed by atoms with E-state index >= 15 is 0 Å². The Morgan fingerprint density at radius 2 is 1.55 bits per heavy atom. The van der Waals surface area contributed by atoms with Gasteiger partial charge >= 0.3 is 0 Å². The molecular formula is C25H32ClN3O3S. The van der Waals surface area contributed by atoms with Crippen LogP contribution in [0.2, 0.25) is 5.02 Å². The number of carbonyl (C=O) groups is 1. The highest BCUT2D eigenvalue weighted by molar-refractivity contribution is 7.92. The number of para-hydroxylation sites is 1. The second-order valence-electron chi connectivity index (χ2n) is 9.06. The number of likely N-dealkylation sites (tertiary alicyclic amines) is 2. The second kappa shape index (κ2) is 10.9. The molecule has 33 heavy (non-hydrogen) atoms. The van der Waals surface area contributed by atoms with Crippen LogP contribution in [0, 0.1) is 5.92 Å². The van der Waals surface area contributed by atoms with Gasteiger partial charge in [-0.3, -0.25) is 9.52 Å². The highest BCUT2D eigenvalue weighted by atomic mass is 35.5. The Morgan fingerprint density at radius 3 is 2.21 bits per heavy atom. The van der Waals surface area contributed by atoms with Crippen molar-refractivity contribution in [2.75, 3.05) is 37.4 Å². The number of nitrogens with one attached hydrogen (secondary N) is 1. The van der Waals surface area contributed by atoms with Gasteiger partial charge in [-0.15, -0.1) is 0 Å². The summed E-state index contributed by atoms with van der Waals surface area (Å²) in [5.41, 5.74) is 0.671. The number of sulfonamides is 1. The van der Waals surface area contributed by atoms with Gasteiger partial charge in [0.15, 0.2) is 0 Å². The van der Waals surface area contributed by atoms with Crippen molar-refractivity contribution in [3.63, 3.8) is 0 Å². The smallest absolute Gasteiger partial charge is 0.261 e. The van der Waals surface area contributed by atoms with Gasteiger partial charge in [-0.1, -0.05) is 36.6 Å². The van der Waals surface area contributed by atoms with Crippen molar-refractivity contribution < 1.29 is 13.2 Å². The quantitative estimate of drug-likeness (QED) is 0.628. The molecular weight excluding hydrogens is 458 g/mol. The minimum absolute atomic E-state index is 0.100. The molecule has 2 aliphatic rings. The first-order chi connectivity index (χ1) is 15.9. The van der Waals surface area contributed by atoms with Crippen LogP contribution < -0.4 is 4.72 Å². The van der Waals surface area contributed by atoms with Gasteiger partial charge in [0.1, 0.15) is 0 Å². The van der Waals surface area contributed by atoms with E-state index in [1.807, 2.05) is 4.90 Å². The van der Waals surface area contributed by atoms with Gasteiger partial charge < -0.3 is 9.80 Å². The standard InChI is InChI=1S/C25H32ClN3O3S/c26-21-9-11-22(12-10-21)33(31,32)27-24-8-4-3-7-23(24)25(30)29-17-13-20(14-18-29)19-28-15-5-1-2-6-16-28/h3-4,7-12,20,27H,1-2,5-6,13-19H2. The zero-order chi connectivity index (χ0) is 23.3. The van der Waals surface area contributed by atoms with Crippen LogP contribution in [0.3, 0.4) is 0 Å². The third-order valence-electron chi connectivity index (χ3n) is 6.64. The van der Waals surface area contributed by atoms with Gasteiger partial charge in [-0.25, -0.2) is 8.42 Å². The number of halogens is 1. The van der Waals surface area contributed by atoms with Crippen LogP contribution in [-0.4, -0.2) is 56.8 Å². The zero-order valence-electron chi connectivity index (χ0n) is 18.9. The van der Waals surface area contributed by atoms with E-state index in [9.17, 15) is 13.2 Å². The third-order valence-corrected chi connectivity index (χ3v) is 8.28. The lowest BCUT2D eigenvalue weighted by molar-refractivity contribution is 0.0669. The van der Waals surface area contributed by atoms with Crippen molar-refractivity contribution in [3.8, 4) is 0 Å². The van der Waals surface area contributed by atoms with Crippen LogP contribution in [0.25, 0.3) is 0 Å². The summed E-state index contributed by atoms with van der Waals surface area (Å²) in [6.45, 7) is 4.92. The van der Waals surface area contributed by atoms with E-state index in [-0.39, 0.29) is 10.8 Å². The molecule has 8 heteroatoms. The lowest BCUT2D eigenvalue weighted by Crippen LogP contribution is -2.42. The Morgan fingerprint density at radius 1 is 0.909 bits per heavy atom. The molecule has 0 aliphatic carbocycles. The maximum Gasteiger partial charge on any atom is 0.261 e. The Balaban J connectivity index is 1.39. The van der Waals surface area contributed by atoms with E-state index < -0.39 is 10.0 Å². The molecule has 0 aromatic heterocycles. The summed E-state index contributed by atoms with van der Waals surface area (Å²) in [6, 6.07) is 12.8. The van der Waals surface area contributed by atoms with Crippen LogP contribution in [0.5, 0.6) is 0 Å².